The van der Waals surface area contributed by atoms with Crippen molar-refractivity contribution in [1.29, 1.82) is 5.26 Å². The van der Waals surface area contributed by atoms with Gasteiger partial charge in [-0.05, 0) is 38.5 Å². The summed E-state index contributed by atoms with van der Waals surface area (Å²) in [6.07, 6.45) is 3.28. The molecule has 0 aliphatic heterocycles. The van der Waals surface area contributed by atoms with Crippen molar-refractivity contribution in [3.8, 4) is 6.07 Å². The lowest BCUT2D eigenvalue weighted by atomic mass is 9.81. The summed E-state index contributed by atoms with van der Waals surface area (Å²) >= 11 is 0. The third-order valence-corrected chi connectivity index (χ3v) is 4.44. The molecule has 24 heavy (non-hydrogen) atoms. The van der Waals surface area contributed by atoms with Gasteiger partial charge in [0.2, 0.25) is 0 Å². The molecule has 1 atom stereocenters. The van der Waals surface area contributed by atoms with Crippen molar-refractivity contribution in [1.82, 2.24) is 5.43 Å². The first-order valence-electron chi connectivity index (χ1n) is 8.32. The van der Waals surface area contributed by atoms with E-state index < -0.39 is 16.9 Å². The van der Waals surface area contributed by atoms with E-state index in [4.69, 9.17) is 11.8 Å². The van der Waals surface area contributed by atoms with Crippen LogP contribution >= 0.6 is 0 Å². The number of ketones is 1. The minimum Gasteiger partial charge on any atom is -0.393 e. The number of carbonyl (C=O) groups excluding carboxylic acids is 2. The van der Waals surface area contributed by atoms with Crippen LogP contribution in [0.2, 0.25) is 0 Å². The SMILES string of the molecule is [C-]#[N+]NC(=O)C(C)(C)CCCC(O)CCCC(C)(C)C(=O)CC#N. The molecule has 0 fully saturated rings. The van der Waals surface area contributed by atoms with Crippen LogP contribution in [-0.4, -0.2) is 22.9 Å². The van der Waals surface area contributed by atoms with Gasteiger partial charge in [0.15, 0.2) is 5.78 Å². The standard InChI is InChI=1S/C18H29N3O3/c1-17(2,15(23)10-13-19)11-6-8-14(22)9-7-12-18(3,4)16(24)21-20-5/h14,22H,6-12H2,1-4H3,(H,21,24). The maximum absolute atomic E-state index is 11.8. The predicted octanol–water partition coefficient (Wildman–Crippen LogP) is 3.17. The van der Waals surface area contributed by atoms with Gasteiger partial charge in [0.1, 0.15) is 0 Å². The minimum absolute atomic E-state index is 0.0629. The summed E-state index contributed by atoms with van der Waals surface area (Å²) in [5.41, 5.74) is 0.970. The fourth-order valence-electron chi connectivity index (χ4n) is 2.47. The number of amides is 1. The van der Waals surface area contributed by atoms with Crippen molar-refractivity contribution in [2.75, 3.05) is 0 Å². The lowest BCUT2D eigenvalue weighted by Gasteiger charge is -2.23. The Morgan fingerprint density at radius 1 is 1.17 bits per heavy atom. The van der Waals surface area contributed by atoms with E-state index >= 15 is 0 Å². The van der Waals surface area contributed by atoms with Crippen LogP contribution in [0, 0.1) is 28.7 Å². The molecule has 0 heterocycles. The number of hydrogen-bond acceptors (Lipinski definition) is 4. The van der Waals surface area contributed by atoms with E-state index in [1.54, 1.807) is 13.8 Å². The minimum atomic E-state index is -0.629. The average Bonchev–Trinajstić information content (AvgIpc) is 2.47. The summed E-state index contributed by atoms with van der Waals surface area (Å²) in [4.78, 5) is 26.4. The third kappa shape index (κ3) is 8.08. The Balaban J connectivity index is 4.10. The molecular weight excluding hydrogens is 306 g/mol. The predicted molar refractivity (Wildman–Crippen MR) is 91.3 cm³/mol. The second-order valence-electron chi connectivity index (χ2n) is 7.52. The quantitative estimate of drug-likeness (QED) is 0.448. The molecule has 0 aromatic carbocycles. The fraction of sp³-hybridized carbons (Fsp3) is 0.778. The van der Waals surface area contributed by atoms with Crippen LogP contribution in [0.1, 0.15) is 72.6 Å². The zero-order chi connectivity index (χ0) is 18.8. The summed E-state index contributed by atoms with van der Waals surface area (Å²) in [6.45, 7) is 13.9. The molecule has 0 saturated heterocycles. The van der Waals surface area contributed by atoms with Crippen molar-refractivity contribution in [2.45, 2.75) is 78.7 Å². The number of rotatable bonds is 11. The number of nitrogens with one attached hydrogen (secondary N) is 1. The topological polar surface area (TPSA) is 94.5 Å². The van der Waals surface area contributed by atoms with Gasteiger partial charge in [-0.25, -0.2) is 0 Å². The molecule has 0 rings (SSSR count). The molecule has 0 aromatic rings. The maximum Gasteiger partial charge on any atom is 0.293 e. The van der Waals surface area contributed by atoms with Crippen LogP contribution in [0.3, 0.4) is 0 Å². The normalized spacial score (nSPS) is 12.8. The molecule has 6 nitrogen and oxygen atoms in total. The Kier molecular flexibility index (Phi) is 9.25. The highest BCUT2D eigenvalue weighted by atomic mass is 16.3. The Bertz CT molecular complexity index is 467. The van der Waals surface area contributed by atoms with Gasteiger partial charge in [-0.2, -0.15) is 16.8 Å². The van der Waals surface area contributed by atoms with Gasteiger partial charge in [-0.15, -0.1) is 0 Å². The van der Waals surface area contributed by atoms with Crippen LogP contribution < -0.4 is 5.43 Å². The highest BCUT2D eigenvalue weighted by Gasteiger charge is 2.29. The number of carbonyl (C=O) groups is 2. The van der Waals surface area contributed by atoms with Crippen molar-refractivity contribution >= 4 is 11.7 Å². The third-order valence-electron chi connectivity index (χ3n) is 4.44. The molecule has 1 unspecified atom stereocenters. The Hall–Kier alpha value is -1.92. The summed E-state index contributed by atoms with van der Waals surface area (Å²) in [6, 6.07) is 1.88. The van der Waals surface area contributed by atoms with Gasteiger partial charge in [-0.3, -0.25) is 9.59 Å². The Morgan fingerprint density at radius 3 is 2.12 bits per heavy atom. The zero-order valence-electron chi connectivity index (χ0n) is 15.2. The van der Waals surface area contributed by atoms with Gasteiger partial charge < -0.3 is 5.11 Å². The monoisotopic (exact) mass is 335 g/mol. The highest BCUT2D eigenvalue weighted by Crippen LogP contribution is 2.28. The Labute approximate surface area is 145 Å². The van der Waals surface area contributed by atoms with Crippen LogP contribution in [-0.2, 0) is 9.59 Å². The molecule has 0 radical (unpaired) electrons. The number of hydrogen-bond donors (Lipinski definition) is 2. The van der Waals surface area contributed by atoms with Gasteiger partial charge in [-0.1, -0.05) is 33.1 Å². The lowest BCUT2D eigenvalue weighted by Crippen LogP contribution is -2.33. The van der Waals surface area contributed by atoms with Crippen LogP contribution in [0.25, 0.3) is 4.95 Å². The molecule has 0 aliphatic rings. The molecule has 0 spiro atoms. The van der Waals surface area contributed by atoms with E-state index in [0.29, 0.717) is 38.5 Å². The van der Waals surface area contributed by atoms with Crippen LogP contribution in [0.4, 0.5) is 0 Å². The number of nitrogens with zero attached hydrogens (tertiary/aromatic N) is 2. The number of aliphatic hydroxyl groups excluding tert-OH is 1. The van der Waals surface area contributed by atoms with Gasteiger partial charge in [0.25, 0.3) is 5.91 Å². The Morgan fingerprint density at radius 2 is 1.67 bits per heavy atom. The smallest absolute Gasteiger partial charge is 0.293 e. The average molecular weight is 335 g/mol. The number of Topliss-reactive ketones (excluding diaryl/α,β-unsaturated/α-hetero) is 1. The lowest BCUT2D eigenvalue weighted by molar-refractivity contribution is -0.129. The molecule has 134 valence electrons. The molecule has 0 aliphatic carbocycles. The van der Waals surface area contributed by atoms with E-state index in [2.05, 4.69) is 10.4 Å². The van der Waals surface area contributed by atoms with Crippen LogP contribution in [0.5, 0.6) is 0 Å². The van der Waals surface area contributed by atoms with Crippen molar-refractivity contribution in [3.63, 3.8) is 0 Å². The molecular formula is C18H29N3O3. The molecule has 0 saturated carbocycles. The molecule has 6 heteroatoms. The van der Waals surface area contributed by atoms with Crippen molar-refractivity contribution < 1.29 is 14.7 Å². The van der Waals surface area contributed by atoms with Gasteiger partial charge in [0.05, 0.1) is 24.0 Å². The maximum atomic E-state index is 11.8. The summed E-state index contributed by atoms with van der Waals surface area (Å²) < 4.78 is 0. The highest BCUT2D eigenvalue weighted by molar-refractivity contribution is 5.85. The largest absolute Gasteiger partial charge is 0.393 e. The summed E-state index contributed by atoms with van der Waals surface area (Å²) in [5.74, 6) is -0.364. The first-order chi connectivity index (χ1) is 11.1. The second kappa shape index (κ2) is 10.1. The van der Waals surface area contributed by atoms with E-state index in [0.717, 1.165) is 0 Å². The van der Waals surface area contributed by atoms with E-state index in [1.807, 2.05) is 19.9 Å². The number of aliphatic hydroxyl groups is 1. The summed E-state index contributed by atoms with van der Waals surface area (Å²) in [7, 11) is 0. The zero-order valence-corrected chi connectivity index (χ0v) is 15.2. The van der Waals surface area contributed by atoms with Gasteiger partial charge in [0, 0.05) is 5.41 Å². The second-order valence-corrected chi connectivity index (χ2v) is 7.52. The van der Waals surface area contributed by atoms with E-state index in [9.17, 15) is 14.7 Å². The summed E-state index contributed by atoms with van der Waals surface area (Å²) in [5, 5.41) is 18.6. The van der Waals surface area contributed by atoms with Crippen molar-refractivity contribution in [2.24, 2.45) is 10.8 Å². The van der Waals surface area contributed by atoms with Crippen LogP contribution in [0.15, 0.2) is 0 Å². The van der Waals surface area contributed by atoms with Gasteiger partial charge >= 0.3 is 0 Å². The van der Waals surface area contributed by atoms with E-state index in [-0.39, 0.29) is 18.1 Å². The van der Waals surface area contributed by atoms with Crippen molar-refractivity contribution in [3.05, 3.63) is 11.5 Å². The molecule has 0 aromatic heterocycles. The first-order valence-corrected chi connectivity index (χ1v) is 8.32. The molecule has 1 amide bonds. The number of nitriles is 1. The fourth-order valence-corrected chi connectivity index (χ4v) is 2.47. The van der Waals surface area contributed by atoms with E-state index in [1.165, 1.54) is 0 Å². The molecule has 0 bridgehead atoms. The molecule has 2 N–H and O–H groups in total. The first kappa shape index (κ1) is 22.1.